The van der Waals surface area contributed by atoms with Crippen molar-refractivity contribution in [2.24, 2.45) is 10.2 Å². The van der Waals surface area contributed by atoms with Crippen LogP contribution in [-0.4, -0.2) is 36.0 Å². The van der Waals surface area contributed by atoms with E-state index in [0.29, 0.717) is 12.2 Å². The molecular weight excluding hydrogens is 334 g/mol. The molecule has 0 aromatic heterocycles. The van der Waals surface area contributed by atoms with E-state index in [0.717, 1.165) is 17.7 Å². The molecule has 1 aliphatic rings. The van der Waals surface area contributed by atoms with E-state index in [1.165, 1.54) is 6.92 Å². The highest BCUT2D eigenvalue weighted by molar-refractivity contribution is 6.19. The van der Waals surface area contributed by atoms with Crippen LogP contribution in [0.3, 0.4) is 0 Å². The lowest BCUT2D eigenvalue weighted by atomic mass is 10.1. The van der Waals surface area contributed by atoms with Crippen molar-refractivity contribution in [1.82, 2.24) is 0 Å². The number of amides is 1. The Kier molecular flexibility index (Phi) is 5.92. The van der Waals surface area contributed by atoms with Gasteiger partial charge in [-0.15, -0.1) is 16.7 Å². The largest absolute Gasteiger partial charge is 0.508 e. The zero-order valence-electron chi connectivity index (χ0n) is 13.5. The smallest absolute Gasteiger partial charge is 0.362 e. The van der Waals surface area contributed by atoms with E-state index >= 15 is 0 Å². The van der Waals surface area contributed by atoms with Crippen LogP contribution in [0.15, 0.2) is 39.9 Å². The second-order valence-electron chi connectivity index (χ2n) is 5.08. The fourth-order valence-corrected chi connectivity index (χ4v) is 2.49. The average molecular weight is 352 g/mol. The average Bonchev–Trinajstić information content (AvgIpc) is 2.98. The summed E-state index contributed by atoms with van der Waals surface area (Å²) in [5, 5.41) is 17.4. The van der Waals surface area contributed by atoms with Crippen molar-refractivity contribution in [2.75, 3.05) is 23.9 Å². The van der Waals surface area contributed by atoms with E-state index in [-0.39, 0.29) is 24.1 Å². The second kappa shape index (κ2) is 7.92. The van der Waals surface area contributed by atoms with Crippen molar-refractivity contribution in [3.63, 3.8) is 0 Å². The second-order valence-corrected chi connectivity index (χ2v) is 5.35. The van der Waals surface area contributed by atoms with Crippen LogP contribution < -0.4 is 4.90 Å². The molecule has 1 aromatic rings. The summed E-state index contributed by atoms with van der Waals surface area (Å²) in [6.07, 6.45) is 0.728. The molecule has 128 valence electrons. The van der Waals surface area contributed by atoms with Crippen LogP contribution >= 0.6 is 11.6 Å². The number of hydrogen-bond acceptors (Lipinski definition) is 6. The number of anilines is 1. The Morgan fingerprint density at radius 3 is 2.79 bits per heavy atom. The molecule has 1 N–H and O–H groups in total. The zero-order chi connectivity index (χ0) is 17.7. The first kappa shape index (κ1) is 17.9. The van der Waals surface area contributed by atoms with Gasteiger partial charge in [0.1, 0.15) is 5.76 Å². The molecule has 0 aliphatic carbocycles. The fourth-order valence-electron chi connectivity index (χ4n) is 2.36. The van der Waals surface area contributed by atoms with Crippen molar-refractivity contribution < 1.29 is 19.4 Å². The van der Waals surface area contributed by atoms with E-state index in [9.17, 15) is 14.7 Å². The summed E-state index contributed by atoms with van der Waals surface area (Å²) < 4.78 is 4.82. The third-order valence-corrected chi connectivity index (χ3v) is 3.73. The van der Waals surface area contributed by atoms with E-state index < -0.39 is 11.7 Å². The number of carbonyl (C=O) groups is 2. The summed E-state index contributed by atoms with van der Waals surface area (Å²) in [6.45, 7) is 3.94. The van der Waals surface area contributed by atoms with Gasteiger partial charge in [0.05, 0.1) is 18.2 Å². The van der Waals surface area contributed by atoms with Gasteiger partial charge in [0, 0.05) is 19.2 Å². The molecule has 0 fully saturated rings. The number of allylic oxidation sites excluding steroid dienone is 1. The molecule has 0 atom stereocenters. The number of alkyl halides is 1. The molecule has 0 bridgehead atoms. The Morgan fingerprint density at radius 2 is 2.17 bits per heavy atom. The van der Waals surface area contributed by atoms with Crippen molar-refractivity contribution in [2.45, 2.75) is 20.3 Å². The van der Waals surface area contributed by atoms with Crippen molar-refractivity contribution in [1.29, 1.82) is 0 Å². The third-order valence-electron chi connectivity index (χ3n) is 3.47. The first-order chi connectivity index (χ1) is 11.5. The van der Waals surface area contributed by atoms with E-state index in [1.54, 1.807) is 30.0 Å². The number of aliphatic hydroxyl groups is 1. The number of azo groups is 1. The molecular formula is C16H18ClN3O4. The molecule has 8 heteroatoms. The molecule has 24 heavy (non-hydrogen) atoms. The monoisotopic (exact) mass is 351 g/mol. The van der Waals surface area contributed by atoms with Gasteiger partial charge in [-0.25, -0.2) is 4.79 Å². The topological polar surface area (TPSA) is 91.6 Å². The van der Waals surface area contributed by atoms with Gasteiger partial charge in [-0.2, -0.15) is 5.11 Å². The molecule has 2 rings (SSSR count). The number of esters is 1. The van der Waals surface area contributed by atoms with Crippen LogP contribution in [0.25, 0.3) is 0 Å². The highest BCUT2D eigenvalue weighted by Crippen LogP contribution is 2.31. The Balaban J connectivity index is 2.25. The van der Waals surface area contributed by atoms with Gasteiger partial charge in [0.15, 0.2) is 0 Å². The molecule has 0 spiro atoms. The summed E-state index contributed by atoms with van der Waals surface area (Å²) in [5.41, 5.74) is 2.01. The molecule has 1 heterocycles. The van der Waals surface area contributed by atoms with Crippen LogP contribution in [0.4, 0.5) is 11.4 Å². The predicted octanol–water partition coefficient (Wildman–Crippen LogP) is 3.25. The molecule has 1 aliphatic heterocycles. The first-order valence-corrected chi connectivity index (χ1v) is 7.99. The van der Waals surface area contributed by atoms with Gasteiger partial charge in [0.2, 0.25) is 11.6 Å². The van der Waals surface area contributed by atoms with Gasteiger partial charge in [0.25, 0.3) is 0 Å². The standard InChI is InChI=1S/C16H18ClN3O4/c1-3-24-16(23)15(14(22)9-17)19-18-12-4-5-13-11(8-12)6-7-20(13)10(2)21/h4-5,8,22H,3,6-7,9H2,1-2H3/b15-14-,19-18?. The highest BCUT2D eigenvalue weighted by Gasteiger charge is 2.22. The number of nitrogens with zero attached hydrogens (tertiary/aromatic N) is 3. The molecule has 0 unspecified atom stereocenters. The Bertz CT molecular complexity index is 715. The minimum absolute atomic E-state index is 0.0114. The molecule has 0 saturated heterocycles. The van der Waals surface area contributed by atoms with Gasteiger partial charge >= 0.3 is 5.97 Å². The van der Waals surface area contributed by atoms with Crippen molar-refractivity contribution >= 4 is 34.9 Å². The molecule has 7 nitrogen and oxygen atoms in total. The SMILES string of the molecule is CCOC(=O)/C(N=Nc1ccc2c(c1)CCN2C(C)=O)=C(/O)CCl. The number of ether oxygens (including phenoxy) is 1. The normalized spacial score (nSPS) is 14.5. The van der Waals surface area contributed by atoms with Gasteiger partial charge in [-0.1, -0.05) is 0 Å². The summed E-state index contributed by atoms with van der Waals surface area (Å²) >= 11 is 5.54. The molecule has 0 saturated carbocycles. The Labute approximate surface area is 144 Å². The van der Waals surface area contributed by atoms with Crippen molar-refractivity contribution in [3.05, 3.63) is 35.2 Å². The minimum atomic E-state index is -0.789. The van der Waals surface area contributed by atoms with Crippen LogP contribution in [0.2, 0.25) is 0 Å². The van der Waals surface area contributed by atoms with Crippen LogP contribution in [0.1, 0.15) is 19.4 Å². The summed E-state index contributed by atoms with van der Waals surface area (Å²) in [7, 11) is 0. The first-order valence-electron chi connectivity index (χ1n) is 7.45. The number of aliphatic hydroxyl groups excluding tert-OH is 1. The third kappa shape index (κ3) is 3.91. The van der Waals surface area contributed by atoms with Crippen LogP contribution in [0, 0.1) is 0 Å². The fraction of sp³-hybridized carbons (Fsp3) is 0.375. The number of carbonyl (C=O) groups excluding carboxylic acids is 2. The van der Waals surface area contributed by atoms with E-state index in [4.69, 9.17) is 16.3 Å². The van der Waals surface area contributed by atoms with E-state index in [2.05, 4.69) is 10.2 Å². The molecule has 1 amide bonds. The predicted molar refractivity (Wildman–Crippen MR) is 89.7 cm³/mol. The van der Waals surface area contributed by atoms with Gasteiger partial charge in [-0.05, 0) is 37.1 Å². The molecule has 1 aromatic carbocycles. The summed E-state index contributed by atoms with van der Waals surface area (Å²) in [4.78, 5) is 25.0. The number of hydrogen-bond donors (Lipinski definition) is 1. The summed E-state index contributed by atoms with van der Waals surface area (Å²) in [6, 6.07) is 5.26. The lowest BCUT2D eigenvalue weighted by molar-refractivity contribution is -0.138. The van der Waals surface area contributed by atoms with Crippen LogP contribution in [-0.2, 0) is 20.7 Å². The maximum atomic E-state index is 11.8. The zero-order valence-corrected chi connectivity index (χ0v) is 14.2. The van der Waals surface area contributed by atoms with Crippen molar-refractivity contribution in [3.8, 4) is 0 Å². The summed E-state index contributed by atoms with van der Waals surface area (Å²) in [5.74, 6) is -1.47. The maximum absolute atomic E-state index is 11.8. The number of benzene rings is 1. The number of fused-ring (bicyclic) bond motifs is 1. The van der Waals surface area contributed by atoms with E-state index in [1.807, 2.05) is 0 Å². The lowest BCUT2D eigenvalue weighted by Gasteiger charge is -2.14. The quantitative estimate of drug-likeness (QED) is 0.290. The maximum Gasteiger partial charge on any atom is 0.362 e. The Hall–Kier alpha value is -2.41. The lowest BCUT2D eigenvalue weighted by Crippen LogP contribution is -2.25. The van der Waals surface area contributed by atoms with Crippen LogP contribution in [0.5, 0.6) is 0 Å². The Morgan fingerprint density at radius 1 is 1.42 bits per heavy atom. The number of halogens is 1. The highest BCUT2D eigenvalue weighted by atomic mass is 35.5. The van der Waals surface area contributed by atoms with Gasteiger partial charge < -0.3 is 14.7 Å². The minimum Gasteiger partial charge on any atom is -0.508 e. The number of rotatable bonds is 5. The van der Waals surface area contributed by atoms with Gasteiger partial charge in [-0.3, -0.25) is 4.79 Å². The molecule has 0 radical (unpaired) electrons.